The van der Waals surface area contributed by atoms with Crippen LogP contribution in [0.15, 0.2) is 29.2 Å². The molecule has 1 unspecified atom stereocenters. The second-order valence-corrected chi connectivity index (χ2v) is 5.61. The first-order valence-corrected chi connectivity index (χ1v) is 7.30. The molecular weight excluding hydrogens is 218 g/mol. The Morgan fingerprint density at radius 1 is 1.19 bits per heavy atom. The van der Waals surface area contributed by atoms with Crippen LogP contribution in [0, 0.1) is 0 Å². The average Bonchev–Trinajstić information content (AvgIpc) is 2.28. The lowest BCUT2D eigenvalue weighted by atomic mass is 10.2. The fourth-order valence-corrected chi connectivity index (χ4v) is 2.81. The van der Waals surface area contributed by atoms with E-state index in [1.54, 1.807) is 0 Å². The standard InChI is InChI=1S/C13H21NOS/c1-2-3-4-5-6-10-16(15)13-9-7-8-12(14)11-13/h7-9,11H,2-6,10,14H2,1H3. The van der Waals surface area contributed by atoms with Crippen LogP contribution in [0.1, 0.15) is 39.0 Å². The van der Waals surface area contributed by atoms with Gasteiger partial charge in [0.05, 0.1) is 10.8 Å². The molecule has 1 aromatic carbocycles. The summed E-state index contributed by atoms with van der Waals surface area (Å²) in [6.07, 6.45) is 6.01. The number of anilines is 1. The van der Waals surface area contributed by atoms with Gasteiger partial charge in [-0.15, -0.1) is 0 Å². The van der Waals surface area contributed by atoms with E-state index in [1.807, 2.05) is 24.3 Å². The summed E-state index contributed by atoms with van der Waals surface area (Å²) in [7, 11) is -0.879. The number of unbranched alkanes of at least 4 members (excludes halogenated alkanes) is 4. The van der Waals surface area contributed by atoms with E-state index in [0.29, 0.717) is 5.69 Å². The molecule has 0 heterocycles. The summed E-state index contributed by atoms with van der Waals surface area (Å²) >= 11 is 0. The van der Waals surface area contributed by atoms with E-state index in [2.05, 4.69) is 6.92 Å². The summed E-state index contributed by atoms with van der Waals surface area (Å²) in [6, 6.07) is 7.38. The molecule has 0 aliphatic carbocycles. The number of nitrogen functional groups attached to an aromatic ring is 1. The minimum Gasteiger partial charge on any atom is -0.399 e. The minimum absolute atomic E-state index is 0.692. The van der Waals surface area contributed by atoms with Gasteiger partial charge in [0.2, 0.25) is 0 Å². The van der Waals surface area contributed by atoms with E-state index < -0.39 is 10.8 Å². The highest BCUT2D eigenvalue weighted by Gasteiger charge is 2.03. The predicted octanol–water partition coefficient (Wildman–Crippen LogP) is 3.35. The van der Waals surface area contributed by atoms with Gasteiger partial charge in [0, 0.05) is 16.3 Å². The van der Waals surface area contributed by atoms with Gasteiger partial charge in [0.15, 0.2) is 0 Å². The lowest BCUT2D eigenvalue weighted by molar-refractivity contribution is 0.647. The molecule has 2 nitrogen and oxygen atoms in total. The van der Waals surface area contributed by atoms with Gasteiger partial charge in [-0.2, -0.15) is 0 Å². The van der Waals surface area contributed by atoms with Crippen molar-refractivity contribution in [2.75, 3.05) is 11.5 Å². The van der Waals surface area contributed by atoms with Gasteiger partial charge >= 0.3 is 0 Å². The van der Waals surface area contributed by atoms with Crippen molar-refractivity contribution in [3.8, 4) is 0 Å². The molecule has 0 radical (unpaired) electrons. The third-order valence-electron chi connectivity index (χ3n) is 2.55. The van der Waals surface area contributed by atoms with Gasteiger partial charge in [-0.05, 0) is 24.6 Å². The molecule has 0 amide bonds. The summed E-state index contributed by atoms with van der Waals surface area (Å²) in [5.74, 6) is 0.757. The number of rotatable bonds is 7. The van der Waals surface area contributed by atoms with Crippen molar-refractivity contribution in [1.82, 2.24) is 0 Å². The van der Waals surface area contributed by atoms with Crippen molar-refractivity contribution < 1.29 is 4.21 Å². The Morgan fingerprint density at radius 2 is 1.94 bits per heavy atom. The Hall–Kier alpha value is -0.830. The van der Waals surface area contributed by atoms with Crippen LogP contribution >= 0.6 is 0 Å². The molecule has 0 saturated carbocycles. The van der Waals surface area contributed by atoms with Crippen molar-refractivity contribution in [2.45, 2.75) is 43.9 Å². The molecule has 1 aromatic rings. The summed E-state index contributed by atoms with van der Waals surface area (Å²) in [6.45, 7) is 2.20. The molecule has 0 fully saturated rings. The quantitative estimate of drug-likeness (QED) is 0.585. The average molecular weight is 239 g/mol. The van der Waals surface area contributed by atoms with Gasteiger partial charge < -0.3 is 5.73 Å². The number of nitrogens with two attached hydrogens (primary N) is 1. The van der Waals surface area contributed by atoms with Gasteiger partial charge in [-0.25, -0.2) is 0 Å². The third kappa shape index (κ3) is 4.79. The van der Waals surface area contributed by atoms with Crippen molar-refractivity contribution in [2.24, 2.45) is 0 Å². The highest BCUT2D eigenvalue weighted by atomic mass is 32.2. The zero-order valence-electron chi connectivity index (χ0n) is 9.95. The van der Waals surface area contributed by atoms with Gasteiger partial charge in [0.25, 0.3) is 0 Å². The molecular formula is C13H21NOS. The van der Waals surface area contributed by atoms with Crippen molar-refractivity contribution >= 4 is 16.5 Å². The SMILES string of the molecule is CCCCCCCS(=O)c1cccc(N)c1. The molecule has 0 bridgehead atoms. The fraction of sp³-hybridized carbons (Fsp3) is 0.538. The summed E-state index contributed by atoms with van der Waals surface area (Å²) in [5, 5.41) is 0. The number of hydrogen-bond acceptors (Lipinski definition) is 2. The highest BCUT2D eigenvalue weighted by molar-refractivity contribution is 7.85. The second kappa shape index (κ2) is 7.44. The van der Waals surface area contributed by atoms with Crippen LogP contribution in [0.4, 0.5) is 5.69 Å². The summed E-state index contributed by atoms with van der Waals surface area (Å²) < 4.78 is 11.9. The van der Waals surface area contributed by atoms with E-state index in [1.165, 1.54) is 25.7 Å². The first-order chi connectivity index (χ1) is 7.74. The molecule has 2 N–H and O–H groups in total. The van der Waals surface area contributed by atoms with E-state index in [9.17, 15) is 4.21 Å². The summed E-state index contributed by atoms with van der Waals surface area (Å²) in [4.78, 5) is 0.857. The van der Waals surface area contributed by atoms with Crippen LogP contribution in [-0.4, -0.2) is 9.96 Å². The Kier molecular flexibility index (Phi) is 6.16. The van der Waals surface area contributed by atoms with Crippen molar-refractivity contribution in [3.05, 3.63) is 24.3 Å². The first kappa shape index (κ1) is 13.2. The normalized spacial score (nSPS) is 12.6. The maximum Gasteiger partial charge on any atom is 0.0530 e. The zero-order chi connectivity index (χ0) is 11.8. The number of benzene rings is 1. The van der Waals surface area contributed by atoms with Crippen molar-refractivity contribution in [1.29, 1.82) is 0 Å². The maximum atomic E-state index is 11.9. The molecule has 0 spiro atoms. The van der Waals surface area contributed by atoms with Crippen LogP contribution in [0.25, 0.3) is 0 Å². The molecule has 0 aliphatic heterocycles. The van der Waals surface area contributed by atoms with Crippen LogP contribution in [0.5, 0.6) is 0 Å². The molecule has 0 saturated heterocycles. The Balaban J connectivity index is 2.30. The Bertz CT molecular complexity index is 338. The van der Waals surface area contributed by atoms with Crippen molar-refractivity contribution in [3.63, 3.8) is 0 Å². The molecule has 0 aromatic heterocycles. The van der Waals surface area contributed by atoms with Crippen LogP contribution in [0.3, 0.4) is 0 Å². The van der Waals surface area contributed by atoms with Gasteiger partial charge in [0.1, 0.15) is 0 Å². The van der Waals surface area contributed by atoms with E-state index >= 15 is 0 Å². The Morgan fingerprint density at radius 3 is 2.62 bits per heavy atom. The van der Waals surface area contributed by atoms with Crippen LogP contribution in [-0.2, 0) is 10.8 Å². The van der Waals surface area contributed by atoms with Crippen LogP contribution in [0.2, 0.25) is 0 Å². The molecule has 16 heavy (non-hydrogen) atoms. The predicted molar refractivity (Wildman–Crippen MR) is 70.9 cm³/mol. The second-order valence-electron chi connectivity index (χ2n) is 4.04. The Labute approximate surface area is 101 Å². The molecule has 3 heteroatoms. The minimum atomic E-state index is -0.879. The molecule has 0 aliphatic rings. The third-order valence-corrected chi connectivity index (χ3v) is 3.99. The molecule has 1 atom stereocenters. The smallest absolute Gasteiger partial charge is 0.0530 e. The maximum absolute atomic E-state index is 11.9. The first-order valence-electron chi connectivity index (χ1n) is 5.98. The zero-order valence-corrected chi connectivity index (χ0v) is 10.8. The van der Waals surface area contributed by atoms with Gasteiger partial charge in [-0.3, -0.25) is 4.21 Å². The largest absolute Gasteiger partial charge is 0.399 e. The van der Waals surface area contributed by atoms with E-state index in [0.717, 1.165) is 17.1 Å². The molecule has 1 rings (SSSR count). The topological polar surface area (TPSA) is 43.1 Å². The lowest BCUT2D eigenvalue weighted by Gasteiger charge is -2.03. The number of hydrogen-bond donors (Lipinski definition) is 1. The lowest BCUT2D eigenvalue weighted by Crippen LogP contribution is -1.99. The molecule has 90 valence electrons. The fourth-order valence-electron chi connectivity index (χ4n) is 1.61. The van der Waals surface area contributed by atoms with E-state index in [4.69, 9.17) is 5.73 Å². The van der Waals surface area contributed by atoms with Gasteiger partial charge in [-0.1, -0.05) is 38.7 Å². The highest BCUT2D eigenvalue weighted by Crippen LogP contribution is 2.13. The monoisotopic (exact) mass is 239 g/mol. The van der Waals surface area contributed by atoms with Crippen LogP contribution < -0.4 is 5.73 Å². The van der Waals surface area contributed by atoms with E-state index in [-0.39, 0.29) is 0 Å². The summed E-state index contributed by atoms with van der Waals surface area (Å²) in [5.41, 5.74) is 6.35.